The molecular weight excluding hydrogens is 388 g/mol. The van der Waals surface area contributed by atoms with Gasteiger partial charge in [-0.05, 0) is 68.9 Å². The number of rotatable bonds is 3. The number of likely N-dealkylation sites (N-methyl/N-ethyl adjacent to an activating group) is 1. The lowest BCUT2D eigenvalue weighted by molar-refractivity contribution is 0.366. The van der Waals surface area contributed by atoms with E-state index in [1.807, 2.05) is 43.6 Å². The highest BCUT2D eigenvalue weighted by molar-refractivity contribution is 7.80. The fraction of sp³-hybridized carbons (Fsp3) is 0.273. The molecule has 1 aliphatic rings. The molecule has 1 N–H and O–H groups in total. The van der Waals surface area contributed by atoms with E-state index in [1.165, 1.54) is 22.5 Å². The number of halogens is 1. The summed E-state index contributed by atoms with van der Waals surface area (Å²) in [5.41, 5.74) is 7.01. The summed E-state index contributed by atoms with van der Waals surface area (Å²) in [4.78, 5) is 6.74. The first kappa shape index (κ1) is 19.0. The van der Waals surface area contributed by atoms with Gasteiger partial charge in [0.25, 0.3) is 0 Å². The molecule has 28 heavy (non-hydrogen) atoms. The van der Waals surface area contributed by atoms with Crippen LogP contribution in [0.3, 0.4) is 0 Å². The van der Waals surface area contributed by atoms with Crippen LogP contribution < -0.4 is 5.32 Å². The zero-order valence-electron chi connectivity index (χ0n) is 16.4. The maximum atomic E-state index is 6.26. The molecule has 3 heterocycles. The third kappa shape index (κ3) is 2.99. The molecule has 1 saturated heterocycles. The molecule has 0 spiro atoms. The minimum atomic E-state index is 0.00529. The number of aromatic nitrogens is 2. The van der Waals surface area contributed by atoms with Crippen molar-refractivity contribution in [1.29, 1.82) is 0 Å². The van der Waals surface area contributed by atoms with E-state index in [0.717, 1.165) is 21.5 Å². The van der Waals surface area contributed by atoms with Crippen LogP contribution in [-0.4, -0.2) is 26.6 Å². The number of thiocarbonyl (C=S) groups is 1. The van der Waals surface area contributed by atoms with Crippen LogP contribution in [0.25, 0.3) is 5.69 Å². The van der Waals surface area contributed by atoms with Gasteiger partial charge in [-0.2, -0.15) is 0 Å². The van der Waals surface area contributed by atoms with Crippen molar-refractivity contribution in [3.8, 4) is 5.69 Å². The molecule has 1 aliphatic heterocycles. The van der Waals surface area contributed by atoms with Crippen molar-refractivity contribution in [2.24, 2.45) is 0 Å². The molecule has 144 valence electrons. The summed E-state index contributed by atoms with van der Waals surface area (Å²) in [6, 6.07) is 14.1. The highest BCUT2D eigenvalue weighted by Gasteiger charge is 2.40. The normalized spacial score (nSPS) is 19.2. The zero-order valence-corrected chi connectivity index (χ0v) is 18.0. The Morgan fingerprint density at radius 3 is 2.54 bits per heavy atom. The van der Waals surface area contributed by atoms with Crippen LogP contribution in [0.2, 0.25) is 5.02 Å². The summed E-state index contributed by atoms with van der Waals surface area (Å²) in [6.45, 7) is 6.51. The van der Waals surface area contributed by atoms with Gasteiger partial charge in [0.2, 0.25) is 0 Å². The molecule has 0 amide bonds. The predicted octanol–water partition coefficient (Wildman–Crippen LogP) is 5.05. The van der Waals surface area contributed by atoms with Gasteiger partial charge in [0.1, 0.15) is 0 Å². The largest absolute Gasteiger partial charge is 0.352 e. The number of pyridine rings is 1. The van der Waals surface area contributed by atoms with E-state index in [1.54, 1.807) is 0 Å². The van der Waals surface area contributed by atoms with Crippen LogP contribution in [0, 0.1) is 20.8 Å². The van der Waals surface area contributed by atoms with Crippen molar-refractivity contribution in [3.05, 3.63) is 81.9 Å². The lowest BCUT2D eigenvalue weighted by atomic mass is 9.94. The first-order valence-corrected chi connectivity index (χ1v) is 10.1. The van der Waals surface area contributed by atoms with Gasteiger partial charge in [0.05, 0.1) is 17.8 Å². The van der Waals surface area contributed by atoms with Crippen molar-refractivity contribution in [3.63, 3.8) is 0 Å². The molecule has 2 aromatic heterocycles. The average Bonchev–Trinajstić information content (AvgIpc) is 3.09. The quantitative estimate of drug-likeness (QED) is 0.612. The summed E-state index contributed by atoms with van der Waals surface area (Å²) < 4.78 is 2.28. The molecule has 0 unspecified atom stereocenters. The molecule has 2 atom stereocenters. The smallest absolute Gasteiger partial charge is 0.169 e. The SMILES string of the molecule is Cc1c([C@H]2[C@@H](c3ccccn3)NC(=S)N2C)c(C)n(-c2cccc(Cl)c2)c1C. The Bertz CT molecular complexity index is 1040. The summed E-state index contributed by atoms with van der Waals surface area (Å²) in [5, 5.41) is 4.94. The Morgan fingerprint density at radius 1 is 1.07 bits per heavy atom. The molecule has 3 aromatic rings. The standard InChI is InChI=1S/C22H23ClN4S/c1-13-14(2)27(17-9-7-8-16(23)12-17)15(3)19(13)21-20(25-22(28)26(21)4)18-10-5-6-11-24-18/h5-12,20-21H,1-4H3,(H,25,28)/t20-,21+/m1/s1. The second-order valence-electron chi connectivity index (χ2n) is 7.26. The summed E-state index contributed by atoms with van der Waals surface area (Å²) in [7, 11) is 2.05. The number of nitrogens with zero attached hydrogens (tertiary/aromatic N) is 3. The lowest BCUT2D eigenvalue weighted by Crippen LogP contribution is -2.25. The fourth-order valence-corrected chi connectivity index (χ4v) is 4.69. The Balaban J connectivity index is 1.88. The van der Waals surface area contributed by atoms with Crippen molar-refractivity contribution in [1.82, 2.24) is 19.8 Å². The number of benzene rings is 1. The van der Waals surface area contributed by atoms with E-state index in [-0.39, 0.29) is 12.1 Å². The van der Waals surface area contributed by atoms with Gasteiger partial charge in [-0.15, -0.1) is 0 Å². The maximum Gasteiger partial charge on any atom is 0.169 e. The lowest BCUT2D eigenvalue weighted by Gasteiger charge is -2.25. The van der Waals surface area contributed by atoms with Crippen molar-refractivity contribution >= 4 is 28.9 Å². The third-order valence-electron chi connectivity index (χ3n) is 5.71. The van der Waals surface area contributed by atoms with Gasteiger partial charge in [-0.25, -0.2) is 0 Å². The Morgan fingerprint density at radius 2 is 1.86 bits per heavy atom. The van der Waals surface area contributed by atoms with Crippen molar-refractivity contribution in [2.75, 3.05) is 7.05 Å². The van der Waals surface area contributed by atoms with Gasteiger partial charge in [-0.1, -0.05) is 23.7 Å². The van der Waals surface area contributed by atoms with E-state index in [4.69, 9.17) is 23.8 Å². The van der Waals surface area contributed by atoms with Gasteiger partial charge in [0, 0.05) is 40.9 Å². The fourth-order valence-electron chi connectivity index (χ4n) is 4.26. The highest BCUT2D eigenvalue weighted by Crippen LogP contribution is 2.42. The topological polar surface area (TPSA) is 33.1 Å². The van der Waals surface area contributed by atoms with Crippen LogP contribution in [0.1, 0.15) is 40.3 Å². The Kier molecular flexibility index (Phi) is 4.89. The molecule has 0 radical (unpaired) electrons. The molecule has 1 aromatic carbocycles. The third-order valence-corrected chi connectivity index (χ3v) is 6.35. The monoisotopic (exact) mass is 410 g/mol. The van der Waals surface area contributed by atoms with Gasteiger partial charge < -0.3 is 14.8 Å². The maximum absolute atomic E-state index is 6.26. The minimum Gasteiger partial charge on any atom is -0.352 e. The highest BCUT2D eigenvalue weighted by atomic mass is 35.5. The van der Waals surface area contributed by atoms with Crippen LogP contribution in [0.15, 0.2) is 48.7 Å². The van der Waals surface area contributed by atoms with E-state index in [0.29, 0.717) is 0 Å². The molecule has 0 bridgehead atoms. The first-order valence-electron chi connectivity index (χ1n) is 9.28. The summed E-state index contributed by atoms with van der Waals surface area (Å²) in [6.07, 6.45) is 1.83. The average molecular weight is 411 g/mol. The predicted molar refractivity (Wildman–Crippen MR) is 118 cm³/mol. The van der Waals surface area contributed by atoms with Crippen molar-refractivity contribution < 1.29 is 0 Å². The van der Waals surface area contributed by atoms with Gasteiger partial charge in [0.15, 0.2) is 5.11 Å². The second kappa shape index (κ2) is 7.22. The van der Waals surface area contributed by atoms with Crippen molar-refractivity contribution in [2.45, 2.75) is 32.9 Å². The van der Waals surface area contributed by atoms with Gasteiger partial charge in [-0.3, -0.25) is 4.98 Å². The van der Waals surface area contributed by atoms with E-state index in [2.05, 4.69) is 52.7 Å². The Hall–Kier alpha value is -2.37. The molecular formula is C22H23ClN4S. The number of hydrogen-bond acceptors (Lipinski definition) is 2. The van der Waals surface area contributed by atoms with E-state index in [9.17, 15) is 0 Å². The van der Waals surface area contributed by atoms with Gasteiger partial charge >= 0.3 is 0 Å². The molecule has 0 saturated carbocycles. The summed E-state index contributed by atoms with van der Waals surface area (Å²) in [5.74, 6) is 0. The van der Waals surface area contributed by atoms with Crippen LogP contribution in [-0.2, 0) is 0 Å². The van der Waals surface area contributed by atoms with Crippen LogP contribution >= 0.6 is 23.8 Å². The first-order chi connectivity index (χ1) is 13.4. The second-order valence-corrected chi connectivity index (χ2v) is 8.09. The van der Waals surface area contributed by atoms with E-state index >= 15 is 0 Å². The molecule has 4 nitrogen and oxygen atoms in total. The minimum absolute atomic E-state index is 0.00529. The molecule has 0 aliphatic carbocycles. The van der Waals surface area contributed by atoms with Crippen LogP contribution in [0.4, 0.5) is 0 Å². The van der Waals surface area contributed by atoms with Crippen LogP contribution in [0.5, 0.6) is 0 Å². The number of nitrogens with one attached hydrogen (secondary N) is 1. The summed E-state index contributed by atoms with van der Waals surface area (Å²) >= 11 is 11.9. The zero-order chi connectivity index (χ0) is 20.0. The number of hydrogen-bond donors (Lipinski definition) is 1. The molecule has 1 fully saturated rings. The molecule has 6 heteroatoms. The Labute approximate surface area is 176 Å². The molecule has 4 rings (SSSR count). The van der Waals surface area contributed by atoms with E-state index < -0.39 is 0 Å².